The zero-order valence-corrected chi connectivity index (χ0v) is 30.5. The highest BCUT2D eigenvalue weighted by Crippen LogP contribution is 2.44. The summed E-state index contributed by atoms with van der Waals surface area (Å²) in [7, 11) is 3.16. The standard InChI is InChI=1S/C42H48N2O8/c1-41(2,3)52-37(46)22-24-42(40(47)43-25-23-29-12-21-35(48-4)36(28-29)49-5)38(32-15-13-31(14-16-32)30-10-7-6-8-11-30)51-39(44-42)33-17-19-34(20-18-33)50-27-9-26-45/h6-8,10-21,28,38,45H,9,22-27H2,1-5H3,(H,43,47)/t38-,42-/m1/s1. The topological polar surface area (TPSA) is 125 Å². The third-order valence-corrected chi connectivity index (χ3v) is 8.63. The van der Waals surface area contributed by atoms with E-state index in [9.17, 15) is 9.59 Å². The number of hydrogen-bond donors (Lipinski definition) is 2. The second-order valence-electron chi connectivity index (χ2n) is 13.6. The summed E-state index contributed by atoms with van der Waals surface area (Å²) in [5, 5.41) is 12.2. The first-order chi connectivity index (χ1) is 25.0. The largest absolute Gasteiger partial charge is 0.494 e. The van der Waals surface area contributed by atoms with Crippen molar-refractivity contribution in [1.82, 2.24) is 5.32 Å². The van der Waals surface area contributed by atoms with Crippen molar-refractivity contribution in [3.63, 3.8) is 0 Å². The third kappa shape index (κ3) is 9.50. The van der Waals surface area contributed by atoms with Crippen LogP contribution in [0.4, 0.5) is 0 Å². The minimum Gasteiger partial charge on any atom is -0.494 e. The Bertz CT molecular complexity index is 1820. The summed E-state index contributed by atoms with van der Waals surface area (Å²) >= 11 is 0. The Morgan fingerprint density at radius 2 is 1.54 bits per heavy atom. The quantitative estimate of drug-likeness (QED) is 0.0955. The zero-order chi connectivity index (χ0) is 37.1. The minimum atomic E-state index is -1.51. The first-order valence-electron chi connectivity index (χ1n) is 17.5. The highest BCUT2D eigenvalue weighted by molar-refractivity contribution is 6.01. The van der Waals surface area contributed by atoms with Gasteiger partial charge in [-0.25, -0.2) is 4.99 Å². The van der Waals surface area contributed by atoms with Gasteiger partial charge >= 0.3 is 5.97 Å². The predicted molar refractivity (Wildman–Crippen MR) is 200 cm³/mol. The highest BCUT2D eigenvalue weighted by Gasteiger charge is 2.53. The van der Waals surface area contributed by atoms with E-state index in [4.69, 9.17) is 33.8 Å². The Morgan fingerprint density at radius 3 is 2.19 bits per heavy atom. The van der Waals surface area contributed by atoms with E-state index in [0.29, 0.717) is 48.8 Å². The summed E-state index contributed by atoms with van der Waals surface area (Å²) in [4.78, 5) is 32.8. The number of carbonyl (C=O) groups is 2. The normalized spacial score (nSPS) is 16.7. The predicted octanol–water partition coefficient (Wildman–Crippen LogP) is 6.87. The molecule has 0 aliphatic carbocycles. The lowest BCUT2D eigenvalue weighted by Crippen LogP contribution is -2.49. The van der Waals surface area contributed by atoms with E-state index in [0.717, 1.165) is 22.3 Å². The number of ether oxygens (including phenoxy) is 5. The van der Waals surface area contributed by atoms with Crippen molar-refractivity contribution >= 4 is 17.8 Å². The fourth-order valence-corrected chi connectivity index (χ4v) is 6.05. The molecule has 4 aromatic carbocycles. The molecule has 0 spiro atoms. The monoisotopic (exact) mass is 708 g/mol. The number of nitrogens with one attached hydrogen (secondary N) is 1. The molecule has 5 rings (SSSR count). The average molecular weight is 709 g/mol. The molecule has 0 radical (unpaired) electrons. The van der Waals surface area contributed by atoms with Crippen molar-refractivity contribution < 1.29 is 38.4 Å². The molecule has 2 N–H and O–H groups in total. The summed E-state index contributed by atoms with van der Waals surface area (Å²) in [5.41, 5.74) is 2.21. The number of esters is 1. The van der Waals surface area contributed by atoms with E-state index in [-0.39, 0.29) is 31.3 Å². The van der Waals surface area contributed by atoms with Gasteiger partial charge in [0.2, 0.25) is 5.90 Å². The van der Waals surface area contributed by atoms with Gasteiger partial charge in [0.25, 0.3) is 5.91 Å². The van der Waals surface area contributed by atoms with Crippen molar-refractivity contribution in [2.45, 2.75) is 63.7 Å². The van der Waals surface area contributed by atoms with E-state index in [1.165, 1.54) is 0 Å². The van der Waals surface area contributed by atoms with Gasteiger partial charge in [0.05, 0.1) is 20.8 Å². The fraction of sp³-hybridized carbons (Fsp3) is 0.357. The smallest absolute Gasteiger partial charge is 0.306 e. The van der Waals surface area contributed by atoms with E-state index in [1.807, 2.05) is 106 Å². The number of carbonyl (C=O) groups excluding carboxylic acids is 2. The van der Waals surface area contributed by atoms with Crippen LogP contribution in [0.25, 0.3) is 11.1 Å². The maximum atomic E-state index is 14.6. The number of benzene rings is 4. The van der Waals surface area contributed by atoms with Gasteiger partial charge in [-0.1, -0.05) is 60.7 Å². The highest BCUT2D eigenvalue weighted by atomic mass is 16.6. The van der Waals surface area contributed by atoms with Crippen LogP contribution in [0, 0.1) is 0 Å². The van der Waals surface area contributed by atoms with Crippen molar-refractivity contribution in [2.75, 3.05) is 34.0 Å². The molecule has 10 heteroatoms. The SMILES string of the molecule is COc1ccc(CCNC(=O)[C@]2(CCC(=O)OC(C)(C)C)N=C(c3ccc(OCCCO)cc3)O[C@@H]2c2ccc(-c3ccccc3)cc2)cc1OC. The molecule has 1 aliphatic rings. The van der Waals surface area contributed by atoms with E-state index in [2.05, 4.69) is 5.32 Å². The van der Waals surface area contributed by atoms with Crippen molar-refractivity contribution in [1.29, 1.82) is 0 Å². The van der Waals surface area contributed by atoms with Crippen LogP contribution in [0.15, 0.2) is 102 Å². The maximum Gasteiger partial charge on any atom is 0.306 e. The van der Waals surface area contributed by atoms with Crippen molar-refractivity contribution in [3.05, 3.63) is 114 Å². The van der Waals surface area contributed by atoms with Crippen molar-refractivity contribution in [2.24, 2.45) is 4.99 Å². The summed E-state index contributed by atoms with van der Waals surface area (Å²) in [6.07, 6.45) is 0.165. The van der Waals surface area contributed by atoms with E-state index in [1.54, 1.807) is 26.4 Å². The molecule has 0 fully saturated rings. The lowest BCUT2D eigenvalue weighted by atomic mass is 9.83. The lowest BCUT2D eigenvalue weighted by Gasteiger charge is -2.31. The maximum absolute atomic E-state index is 14.6. The third-order valence-electron chi connectivity index (χ3n) is 8.63. The number of nitrogens with zero attached hydrogens (tertiary/aromatic N) is 1. The van der Waals surface area contributed by atoms with Gasteiger partial charge < -0.3 is 34.1 Å². The van der Waals surface area contributed by atoms with Gasteiger partial charge in [0.1, 0.15) is 11.4 Å². The molecule has 274 valence electrons. The molecular weight excluding hydrogens is 660 g/mol. The Morgan fingerprint density at radius 1 is 0.865 bits per heavy atom. The first kappa shape index (κ1) is 37.9. The number of aliphatic imine (C=N–C) groups is 1. The Balaban J connectivity index is 1.49. The average Bonchev–Trinajstić information content (AvgIpc) is 3.55. The van der Waals surface area contributed by atoms with Gasteiger partial charge in [-0.05, 0) is 92.3 Å². The summed E-state index contributed by atoms with van der Waals surface area (Å²) in [6.45, 7) is 6.15. The molecule has 1 amide bonds. The molecule has 4 aromatic rings. The molecule has 1 heterocycles. The van der Waals surface area contributed by atoms with Crippen molar-refractivity contribution in [3.8, 4) is 28.4 Å². The second kappa shape index (κ2) is 17.2. The summed E-state index contributed by atoms with van der Waals surface area (Å²) in [6, 6.07) is 30.8. The van der Waals surface area contributed by atoms with Crippen LogP contribution >= 0.6 is 0 Å². The Labute approximate surface area is 305 Å². The minimum absolute atomic E-state index is 0.0399. The lowest BCUT2D eigenvalue weighted by molar-refractivity contribution is -0.155. The number of rotatable bonds is 16. The van der Waals surface area contributed by atoms with Gasteiger partial charge in [-0.15, -0.1) is 0 Å². The van der Waals surface area contributed by atoms with E-state index >= 15 is 0 Å². The molecule has 0 unspecified atom stereocenters. The molecular formula is C42H48N2O8. The number of aliphatic hydroxyl groups is 1. The molecule has 0 saturated carbocycles. The summed E-state index contributed by atoms with van der Waals surface area (Å²) < 4.78 is 28.9. The molecule has 0 aromatic heterocycles. The van der Waals surface area contributed by atoms with Crippen LogP contribution in [0.2, 0.25) is 0 Å². The summed E-state index contributed by atoms with van der Waals surface area (Å²) in [5.74, 6) is 1.32. The van der Waals surface area contributed by atoms with Gasteiger partial charge in [0.15, 0.2) is 23.1 Å². The molecule has 2 atom stereocenters. The van der Waals surface area contributed by atoms with E-state index < -0.39 is 23.2 Å². The van der Waals surface area contributed by atoms with Gasteiger partial charge in [-0.2, -0.15) is 0 Å². The van der Waals surface area contributed by atoms with Crippen LogP contribution in [-0.4, -0.2) is 68.0 Å². The molecule has 10 nitrogen and oxygen atoms in total. The van der Waals surface area contributed by atoms with Crippen LogP contribution in [-0.2, 0) is 25.5 Å². The molecule has 52 heavy (non-hydrogen) atoms. The van der Waals surface area contributed by atoms with Gasteiger partial charge in [-0.3, -0.25) is 9.59 Å². The van der Waals surface area contributed by atoms with Crippen LogP contribution < -0.4 is 19.5 Å². The second-order valence-corrected chi connectivity index (χ2v) is 13.6. The number of hydrogen-bond acceptors (Lipinski definition) is 9. The number of aliphatic hydroxyl groups excluding tert-OH is 1. The fourth-order valence-electron chi connectivity index (χ4n) is 6.05. The van der Waals surface area contributed by atoms with Crippen LogP contribution in [0.1, 0.15) is 62.8 Å². The Kier molecular flexibility index (Phi) is 12.6. The molecule has 0 bridgehead atoms. The molecule has 0 saturated heterocycles. The Hall–Kier alpha value is -5.35. The van der Waals surface area contributed by atoms with Crippen LogP contribution in [0.5, 0.6) is 17.2 Å². The molecule has 1 aliphatic heterocycles. The zero-order valence-electron chi connectivity index (χ0n) is 30.5. The number of amides is 1. The first-order valence-corrected chi connectivity index (χ1v) is 17.5. The van der Waals surface area contributed by atoms with Crippen LogP contribution in [0.3, 0.4) is 0 Å². The van der Waals surface area contributed by atoms with Gasteiger partial charge in [0, 0.05) is 31.6 Å². The number of methoxy groups -OCH3 is 2.